The van der Waals surface area contributed by atoms with E-state index in [1.807, 2.05) is 19.1 Å². The van der Waals surface area contributed by atoms with Crippen LogP contribution < -0.4 is 19.6 Å². The van der Waals surface area contributed by atoms with Crippen LogP contribution in [0.5, 0.6) is 17.2 Å². The third kappa shape index (κ3) is 4.45. The van der Waals surface area contributed by atoms with E-state index in [2.05, 4.69) is 0 Å². The lowest BCUT2D eigenvalue weighted by atomic mass is 10.1. The van der Waals surface area contributed by atoms with Gasteiger partial charge in [0.25, 0.3) is 0 Å². The van der Waals surface area contributed by atoms with Crippen molar-refractivity contribution >= 4 is 16.9 Å². The molecular weight excluding hydrogens is 436 g/mol. The van der Waals surface area contributed by atoms with Crippen LogP contribution in [0, 0.1) is 6.92 Å². The zero-order valence-corrected chi connectivity index (χ0v) is 19.3. The molecule has 0 atom stereocenters. The number of benzene rings is 3. The summed E-state index contributed by atoms with van der Waals surface area (Å²) in [6.45, 7) is 2.03. The van der Waals surface area contributed by atoms with Gasteiger partial charge in [-0.3, -0.25) is 4.79 Å². The van der Waals surface area contributed by atoms with Crippen molar-refractivity contribution in [1.82, 2.24) is 0 Å². The SMILES string of the molecule is COC(=O)c1ccc(COc2c(-c3ccc(OC)c(OC)c3)oc3cc(C)ccc3c2=O)cc1. The van der Waals surface area contributed by atoms with E-state index in [4.69, 9.17) is 23.4 Å². The summed E-state index contributed by atoms with van der Waals surface area (Å²) in [6, 6.07) is 17.4. The third-order valence-electron chi connectivity index (χ3n) is 5.41. The number of esters is 1. The lowest BCUT2D eigenvalue weighted by Crippen LogP contribution is -2.10. The first-order chi connectivity index (χ1) is 16.4. The maximum absolute atomic E-state index is 13.4. The van der Waals surface area contributed by atoms with Gasteiger partial charge in [0.1, 0.15) is 12.2 Å². The van der Waals surface area contributed by atoms with Gasteiger partial charge >= 0.3 is 5.97 Å². The quantitative estimate of drug-likeness (QED) is 0.353. The maximum Gasteiger partial charge on any atom is 0.337 e. The Morgan fingerprint density at radius 1 is 0.882 bits per heavy atom. The molecule has 4 aromatic rings. The zero-order valence-electron chi connectivity index (χ0n) is 19.3. The first-order valence-electron chi connectivity index (χ1n) is 10.5. The summed E-state index contributed by atoms with van der Waals surface area (Å²) < 4.78 is 27.7. The van der Waals surface area contributed by atoms with Gasteiger partial charge in [0, 0.05) is 5.56 Å². The van der Waals surface area contributed by atoms with Gasteiger partial charge < -0.3 is 23.4 Å². The fraction of sp³-hybridized carbons (Fsp3) is 0.185. The molecule has 0 bridgehead atoms. The molecule has 7 nitrogen and oxygen atoms in total. The monoisotopic (exact) mass is 460 g/mol. The minimum absolute atomic E-state index is 0.0839. The van der Waals surface area contributed by atoms with Crippen molar-refractivity contribution in [3.05, 3.63) is 87.6 Å². The number of hydrogen-bond acceptors (Lipinski definition) is 7. The van der Waals surface area contributed by atoms with Gasteiger partial charge in [-0.1, -0.05) is 18.2 Å². The molecule has 0 fully saturated rings. The summed E-state index contributed by atoms with van der Waals surface area (Å²) in [7, 11) is 4.42. The highest BCUT2D eigenvalue weighted by molar-refractivity contribution is 5.89. The normalized spacial score (nSPS) is 10.7. The van der Waals surface area contributed by atoms with Gasteiger partial charge in [-0.2, -0.15) is 0 Å². The molecule has 7 heteroatoms. The Kier molecular flexibility index (Phi) is 6.54. The summed E-state index contributed by atoms with van der Waals surface area (Å²) in [4.78, 5) is 25.1. The van der Waals surface area contributed by atoms with E-state index in [1.54, 1.807) is 55.6 Å². The van der Waals surface area contributed by atoms with Gasteiger partial charge in [0.05, 0.1) is 32.3 Å². The highest BCUT2D eigenvalue weighted by Crippen LogP contribution is 2.37. The number of fused-ring (bicyclic) bond motifs is 1. The van der Waals surface area contributed by atoms with Crippen molar-refractivity contribution < 1.29 is 28.2 Å². The molecule has 3 aromatic carbocycles. The van der Waals surface area contributed by atoms with Crippen molar-refractivity contribution in [1.29, 1.82) is 0 Å². The molecule has 0 amide bonds. The van der Waals surface area contributed by atoms with Crippen LogP contribution in [-0.4, -0.2) is 27.3 Å². The van der Waals surface area contributed by atoms with Crippen molar-refractivity contribution in [2.75, 3.05) is 21.3 Å². The number of ether oxygens (including phenoxy) is 4. The van der Waals surface area contributed by atoms with Crippen LogP contribution in [0.2, 0.25) is 0 Å². The van der Waals surface area contributed by atoms with E-state index in [-0.39, 0.29) is 23.5 Å². The van der Waals surface area contributed by atoms with E-state index >= 15 is 0 Å². The predicted molar refractivity (Wildman–Crippen MR) is 128 cm³/mol. The van der Waals surface area contributed by atoms with Crippen molar-refractivity contribution in [3.8, 4) is 28.6 Å². The Balaban J connectivity index is 1.78. The van der Waals surface area contributed by atoms with Crippen LogP contribution in [-0.2, 0) is 11.3 Å². The molecule has 0 N–H and O–H groups in total. The molecule has 174 valence electrons. The lowest BCUT2D eigenvalue weighted by Gasteiger charge is -2.14. The molecule has 34 heavy (non-hydrogen) atoms. The molecule has 4 rings (SSSR count). The summed E-state index contributed by atoms with van der Waals surface area (Å²) in [5.41, 5.74) is 2.96. The summed E-state index contributed by atoms with van der Waals surface area (Å²) >= 11 is 0. The zero-order chi connectivity index (χ0) is 24.2. The van der Waals surface area contributed by atoms with Crippen LogP contribution in [0.3, 0.4) is 0 Å². The van der Waals surface area contributed by atoms with Crippen molar-refractivity contribution in [2.45, 2.75) is 13.5 Å². The number of aryl methyl sites for hydroxylation is 1. The van der Waals surface area contributed by atoms with Crippen molar-refractivity contribution in [2.24, 2.45) is 0 Å². The topological polar surface area (TPSA) is 84.2 Å². The smallest absolute Gasteiger partial charge is 0.337 e. The van der Waals surface area contributed by atoms with E-state index in [0.717, 1.165) is 11.1 Å². The highest BCUT2D eigenvalue weighted by Gasteiger charge is 2.20. The summed E-state index contributed by atoms with van der Waals surface area (Å²) in [6.07, 6.45) is 0. The maximum atomic E-state index is 13.4. The van der Waals surface area contributed by atoms with E-state index in [0.29, 0.717) is 33.6 Å². The van der Waals surface area contributed by atoms with Crippen molar-refractivity contribution in [3.63, 3.8) is 0 Å². The average molecular weight is 460 g/mol. The second-order valence-electron chi connectivity index (χ2n) is 7.64. The molecule has 0 saturated heterocycles. The largest absolute Gasteiger partial charge is 0.493 e. The van der Waals surface area contributed by atoms with Gasteiger partial charge in [-0.15, -0.1) is 0 Å². The van der Waals surface area contributed by atoms with Gasteiger partial charge in [-0.05, 0) is 60.5 Å². The van der Waals surface area contributed by atoms with E-state index in [1.165, 1.54) is 14.2 Å². The molecule has 0 aliphatic rings. The molecular formula is C27H24O7. The Morgan fingerprint density at radius 2 is 1.62 bits per heavy atom. The predicted octanol–water partition coefficient (Wildman–Crippen LogP) is 5.15. The fourth-order valence-corrected chi connectivity index (χ4v) is 3.59. The second kappa shape index (κ2) is 9.70. The van der Waals surface area contributed by atoms with Crippen LogP contribution in [0.1, 0.15) is 21.5 Å². The average Bonchev–Trinajstić information content (AvgIpc) is 2.87. The molecule has 1 aromatic heterocycles. The Morgan fingerprint density at radius 3 is 2.29 bits per heavy atom. The minimum atomic E-state index is -0.423. The molecule has 0 saturated carbocycles. The standard InChI is InChI=1S/C27H24O7/c1-16-5-11-20-22(13-16)34-25(19-10-12-21(30-2)23(14-19)31-3)26(24(20)28)33-15-17-6-8-18(9-7-17)27(29)32-4/h5-14H,15H2,1-4H3. The first kappa shape index (κ1) is 22.9. The van der Waals surface area contributed by atoms with Gasteiger partial charge in [0.2, 0.25) is 11.2 Å². The fourth-order valence-electron chi connectivity index (χ4n) is 3.59. The van der Waals surface area contributed by atoms with Crippen LogP contribution in [0.25, 0.3) is 22.3 Å². The minimum Gasteiger partial charge on any atom is -0.493 e. The molecule has 0 unspecified atom stereocenters. The lowest BCUT2D eigenvalue weighted by molar-refractivity contribution is 0.0600. The third-order valence-corrected chi connectivity index (χ3v) is 5.41. The summed E-state index contributed by atoms with van der Waals surface area (Å²) in [5.74, 6) is 0.999. The molecule has 0 aliphatic carbocycles. The number of rotatable bonds is 7. The number of carbonyl (C=O) groups excluding carboxylic acids is 1. The molecule has 1 heterocycles. The Bertz CT molecular complexity index is 1400. The Hall–Kier alpha value is -4.26. The first-order valence-corrected chi connectivity index (χ1v) is 10.5. The number of carbonyl (C=O) groups is 1. The van der Waals surface area contributed by atoms with E-state index in [9.17, 15) is 9.59 Å². The molecule has 0 spiro atoms. The van der Waals surface area contributed by atoms with E-state index < -0.39 is 5.97 Å². The van der Waals surface area contributed by atoms with Crippen LogP contribution >= 0.6 is 0 Å². The van der Waals surface area contributed by atoms with Gasteiger partial charge in [0.15, 0.2) is 17.3 Å². The number of hydrogen-bond donors (Lipinski definition) is 0. The second-order valence-corrected chi connectivity index (χ2v) is 7.64. The van der Waals surface area contributed by atoms with Crippen LogP contribution in [0.15, 0.2) is 69.9 Å². The Labute approximate surface area is 196 Å². The number of methoxy groups -OCH3 is 3. The highest BCUT2D eigenvalue weighted by atomic mass is 16.5. The summed E-state index contributed by atoms with van der Waals surface area (Å²) in [5, 5.41) is 0.422. The molecule has 0 aliphatic heterocycles. The van der Waals surface area contributed by atoms with Gasteiger partial charge in [-0.25, -0.2) is 4.79 Å². The molecule has 0 radical (unpaired) electrons. The van der Waals surface area contributed by atoms with Crippen LogP contribution in [0.4, 0.5) is 0 Å².